The predicted molar refractivity (Wildman–Crippen MR) is 68.3 cm³/mol. The molecule has 3 heteroatoms. The van der Waals surface area contributed by atoms with Gasteiger partial charge in [0, 0.05) is 12.6 Å². The average molecular weight is 239 g/mol. The summed E-state index contributed by atoms with van der Waals surface area (Å²) in [5.41, 5.74) is 6.86. The third-order valence-corrected chi connectivity index (χ3v) is 2.83. The second kappa shape index (κ2) is 7.41. The maximum Gasteiger partial charge on any atom is 0.123 e. The fraction of sp³-hybridized carbons (Fsp3) is 0.571. The zero-order chi connectivity index (χ0) is 12.7. The van der Waals surface area contributed by atoms with Crippen LogP contribution in [0.4, 0.5) is 4.39 Å². The number of hydrogen-bond acceptors (Lipinski definition) is 2. The summed E-state index contributed by atoms with van der Waals surface area (Å²) in [4.78, 5) is 0. The maximum absolute atomic E-state index is 13.2. The van der Waals surface area contributed by atoms with Gasteiger partial charge in [0.25, 0.3) is 0 Å². The van der Waals surface area contributed by atoms with E-state index >= 15 is 0 Å². The molecule has 2 nitrogen and oxygen atoms in total. The van der Waals surface area contributed by atoms with Gasteiger partial charge >= 0.3 is 0 Å². The van der Waals surface area contributed by atoms with Gasteiger partial charge in [-0.15, -0.1) is 0 Å². The monoisotopic (exact) mass is 239 g/mol. The van der Waals surface area contributed by atoms with E-state index in [-0.39, 0.29) is 18.0 Å². The number of benzene rings is 1. The summed E-state index contributed by atoms with van der Waals surface area (Å²) in [6.45, 7) is 4.80. The number of halogens is 1. The molecule has 1 rings (SSSR count). The Morgan fingerprint density at radius 1 is 1.35 bits per heavy atom. The van der Waals surface area contributed by atoms with E-state index in [0.29, 0.717) is 6.61 Å². The predicted octanol–water partition coefficient (Wildman–Crippen LogP) is 3.42. The van der Waals surface area contributed by atoms with Gasteiger partial charge in [0.1, 0.15) is 5.82 Å². The first-order valence-corrected chi connectivity index (χ1v) is 6.31. The molecule has 0 amide bonds. The summed E-state index contributed by atoms with van der Waals surface area (Å²) >= 11 is 0. The van der Waals surface area contributed by atoms with Crippen LogP contribution in [0.3, 0.4) is 0 Å². The molecular formula is C14H22FNO. The van der Waals surface area contributed by atoms with Crippen LogP contribution in [0.5, 0.6) is 0 Å². The first-order chi connectivity index (χ1) is 8.19. The molecule has 0 spiro atoms. The van der Waals surface area contributed by atoms with Crippen LogP contribution in [-0.4, -0.2) is 12.6 Å². The van der Waals surface area contributed by atoms with Gasteiger partial charge in [0.05, 0.1) is 6.10 Å². The van der Waals surface area contributed by atoms with Crippen molar-refractivity contribution in [3.63, 3.8) is 0 Å². The van der Waals surface area contributed by atoms with Crippen LogP contribution in [0.2, 0.25) is 0 Å². The van der Waals surface area contributed by atoms with Crippen LogP contribution in [0, 0.1) is 5.82 Å². The Morgan fingerprint density at radius 3 is 2.71 bits per heavy atom. The van der Waals surface area contributed by atoms with Crippen LogP contribution in [-0.2, 0) is 4.74 Å². The van der Waals surface area contributed by atoms with Gasteiger partial charge in [-0.3, -0.25) is 0 Å². The molecule has 0 saturated carbocycles. The minimum atomic E-state index is -0.241. The molecule has 0 aliphatic rings. The van der Waals surface area contributed by atoms with Gasteiger partial charge < -0.3 is 10.5 Å². The molecule has 0 aliphatic heterocycles. The van der Waals surface area contributed by atoms with Crippen molar-refractivity contribution in [3.8, 4) is 0 Å². The first-order valence-electron chi connectivity index (χ1n) is 6.31. The second-order valence-electron chi connectivity index (χ2n) is 4.27. The molecule has 96 valence electrons. The van der Waals surface area contributed by atoms with Gasteiger partial charge in [-0.25, -0.2) is 4.39 Å². The highest BCUT2D eigenvalue weighted by molar-refractivity contribution is 5.20. The number of nitrogens with two attached hydrogens (primary N) is 1. The number of hydrogen-bond donors (Lipinski definition) is 1. The van der Waals surface area contributed by atoms with Crippen molar-refractivity contribution in [2.24, 2.45) is 5.73 Å². The molecule has 0 fully saturated rings. The van der Waals surface area contributed by atoms with Crippen molar-refractivity contribution >= 4 is 0 Å². The van der Waals surface area contributed by atoms with Crippen LogP contribution in [0.25, 0.3) is 0 Å². The van der Waals surface area contributed by atoms with E-state index in [4.69, 9.17) is 10.5 Å². The highest BCUT2D eigenvalue weighted by atomic mass is 19.1. The fourth-order valence-electron chi connectivity index (χ4n) is 1.72. The largest absolute Gasteiger partial charge is 0.372 e. The number of ether oxygens (including phenoxy) is 1. The van der Waals surface area contributed by atoms with E-state index in [1.165, 1.54) is 12.1 Å². The minimum absolute atomic E-state index is 0.0892. The summed E-state index contributed by atoms with van der Waals surface area (Å²) in [7, 11) is 0. The van der Waals surface area contributed by atoms with E-state index in [2.05, 4.69) is 6.92 Å². The van der Waals surface area contributed by atoms with Crippen LogP contribution in [0.1, 0.15) is 44.8 Å². The Balaban J connectivity index is 2.74. The normalized spacial score (nSPS) is 14.6. The van der Waals surface area contributed by atoms with E-state index < -0.39 is 0 Å². The Hall–Kier alpha value is -0.930. The van der Waals surface area contributed by atoms with Crippen molar-refractivity contribution in [2.75, 3.05) is 6.61 Å². The third kappa shape index (κ3) is 4.44. The first kappa shape index (κ1) is 14.1. The minimum Gasteiger partial charge on any atom is -0.372 e. The van der Waals surface area contributed by atoms with Crippen LogP contribution < -0.4 is 5.73 Å². The second-order valence-corrected chi connectivity index (χ2v) is 4.27. The van der Waals surface area contributed by atoms with E-state index in [1.807, 2.05) is 13.0 Å². The Bertz CT molecular complexity index is 330. The van der Waals surface area contributed by atoms with Gasteiger partial charge in [0.15, 0.2) is 0 Å². The van der Waals surface area contributed by atoms with Crippen molar-refractivity contribution in [3.05, 3.63) is 35.6 Å². The molecule has 17 heavy (non-hydrogen) atoms. The summed E-state index contributed by atoms with van der Waals surface area (Å²) in [5.74, 6) is -0.241. The molecule has 0 bridgehead atoms. The Morgan fingerprint density at radius 2 is 2.12 bits per heavy atom. The zero-order valence-electron chi connectivity index (χ0n) is 10.7. The molecule has 2 N–H and O–H groups in total. The lowest BCUT2D eigenvalue weighted by molar-refractivity contribution is 0.0316. The average Bonchev–Trinajstić information content (AvgIpc) is 2.34. The number of unbranched alkanes of at least 4 members (excludes halogenated alkanes) is 1. The summed E-state index contributed by atoms with van der Waals surface area (Å²) < 4.78 is 19.0. The zero-order valence-corrected chi connectivity index (χ0v) is 10.7. The molecule has 0 radical (unpaired) electrons. The molecular weight excluding hydrogens is 217 g/mol. The lowest BCUT2D eigenvalue weighted by Gasteiger charge is -2.24. The third-order valence-electron chi connectivity index (χ3n) is 2.83. The van der Waals surface area contributed by atoms with E-state index in [1.54, 1.807) is 6.07 Å². The van der Waals surface area contributed by atoms with Crippen LogP contribution in [0.15, 0.2) is 24.3 Å². The molecule has 2 unspecified atom stereocenters. The lowest BCUT2D eigenvalue weighted by atomic mass is 10.0. The Labute approximate surface area is 103 Å². The molecule has 1 aromatic rings. The number of rotatable bonds is 7. The van der Waals surface area contributed by atoms with Gasteiger partial charge in [-0.05, 0) is 30.5 Å². The van der Waals surface area contributed by atoms with E-state index in [9.17, 15) is 4.39 Å². The van der Waals surface area contributed by atoms with Crippen molar-refractivity contribution < 1.29 is 9.13 Å². The summed E-state index contributed by atoms with van der Waals surface area (Å²) in [6.07, 6.45) is 2.69. The maximum atomic E-state index is 13.2. The Kier molecular flexibility index (Phi) is 6.16. The fourth-order valence-corrected chi connectivity index (χ4v) is 1.72. The highest BCUT2D eigenvalue weighted by Crippen LogP contribution is 2.23. The molecule has 0 aliphatic carbocycles. The summed E-state index contributed by atoms with van der Waals surface area (Å²) in [6, 6.07) is 6.42. The molecule has 0 aromatic heterocycles. The smallest absolute Gasteiger partial charge is 0.123 e. The molecule has 0 heterocycles. The van der Waals surface area contributed by atoms with E-state index in [0.717, 1.165) is 24.8 Å². The SMILES string of the molecule is CCCCOC(c1cccc(F)c1)C(N)CC. The lowest BCUT2D eigenvalue weighted by Crippen LogP contribution is -2.30. The van der Waals surface area contributed by atoms with Crippen molar-refractivity contribution in [2.45, 2.75) is 45.3 Å². The molecule has 1 aromatic carbocycles. The highest BCUT2D eigenvalue weighted by Gasteiger charge is 2.19. The molecule has 0 saturated heterocycles. The van der Waals surface area contributed by atoms with Crippen molar-refractivity contribution in [1.82, 2.24) is 0 Å². The standard InChI is InChI=1S/C14H22FNO/c1-3-5-9-17-14(13(16)4-2)11-7-6-8-12(15)10-11/h6-8,10,13-14H,3-5,9,16H2,1-2H3. The van der Waals surface area contributed by atoms with Crippen molar-refractivity contribution in [1.29, 1.82) is 0 Å². The summed E-state index contributed by atoms with van der Waals surface area (Å²) in [5, 5.41) is 0. The van der Waals surface area contributed by atoms with Crippen LogP contribution >= 0.6 is 0 Å². The molecule has 2 atom stereocenters. The van der Waals surface area contributed by atoms with Gasteiger partial charge in [-0.2, -0.15) is 0 Å². The topological polar surface area (TPSA) is 35.2 Å². The van der Waals surface area contributed by atoms with Gasteiger partial charge in [-0.1, -0.05) is 32.4 Å². The van der Waals surface area contributed by atoms with Gasteiger partial charge in [0.2, 0.25) is 0 Å². The quantitative estimate of drug-likeness (QED) is 0.740.